The molecule has 0 aliphatic heterocycles. The lowest BCUT2D eigenvalue weighted by molar-refractivity contribution is 0.662. The van der Waals surface area contributed by atoms with Crippen molar-refractivity contribution in [3.8, 4) is 12.3 Å². The minimum absolute atomic E-state index is 0.140. The van der Waals surface area contributed by atoms with Gasteiger partial charge >= 0.3 is 0 Å². The molecule has 0 fully saturated rings. The summed E-state index contributed by atoms with van der Waals surface area (Å²) in [5.41, 5.74) is 0.0712. The van der Waals surface area contributed by atoms with E-state index in [1.807, 2.05) is 13.2 Å². The van der Waals surface area contributed by atoms with Crippen molar-refractivity contribution >= 4 is 29.1 Å². The molecule has 0 radical (unpaired) electrons. The fraction of sp³-hybridized carbons (Fsp3) is 0.455. The topological polar surface area (TPSA) is 46.9 Å². The Morgan fingerprint density at radius 2 is 2.47 bits per heavy atom. The van der Waals surface area contributed by atoms with Crippen molar-refractivity contribution in [3.05, 3.63) is 21.6 Å². The zero-order chi connectivity index (χ0) is 12.8. The highest BCUT2D eigenvalue weighted by Crippen LogP contribution is 2.16. The molecule has 92 valence electrons. The van der Waals surface area contributed by atoms with Crippen molar-refractivity contribution in [1.82, 2.24) is 9.78 Å². The maximum absolute atomic E-state index is 12.0. The van der Waals surface area contributed by atoms with Crippen molar-refractivity contribution in [2.24, 2.45) is 0 Å². The van der Waals surface area contributed by atoms with E-state index < -0.39 is 0 Å². The first kappa shape index (κ1) is 13.9. The van der Waals surface area contributed by atoms with Crippen LogP contribution in [0.15, 0.2) is 11.0 Å². The van der Waals surface area contributed by atoms with Gasteiger partial charge in [0.25, 0.3) is 5.56 Å². The van der Waals surface area contributed by atoms with Crippen LogP contribution in [0.4, 0.5) is 5.69 Å². The molecule has 1 rings (SSSR count). The van der Waals surface area contributed by atoms with Crippen LogP contribution < -0.4 is 10.9 Å². The quantitative estimate of drug-likeness (QED) is 0.828. The van der Waals surface area contributed by atoms with Crippen LogP contribution in [0.1, 0.15) is 6.92 Å². The van der Waals surface area contributed by atoms with Crippen molar-refractivity contribution in [1.29, 1.82) is 0 Å². The molecule has 0 saturated carbocycles. The van der Waals surface area contributed by atoms with Gasteiger partial charge in [0, 0.05) is 11.8 Å². The molecule has 0 aromatic carbocycles. The molecule has 1 N–H and O–H groups in total. The third kappa shape index (κ3) is 3.69. The number of nitrogens with one attached hydrogen (secondary N) is 1. The smallest absolute Gasteiger partial charge is 0.292 e. The van der Waals surface area contributed by atoms with Gasteiger partial charge in [-0.25, -0.2) is 4.68 Å². The van der Waals surface area contributed by atoms with Gasteiger partial charge in [0.15, 0.2) is 0 Å². The van der Waals surface area contributed by atoms with Gasteiger partial charge in [-0.3, -0.25) is 4.79 Å². The SMILES string of the molecule is C#CCn1ncc(Cl)c(NC(C)CSC)c1=O. The number of hydrogen-bond donors (Lipinski definition) is 1. The molecule has 0 aliphatic carbocycles. The van der Waals surface area contributed by atoms with Crippen LogP contribution in [0.5, 0.6) is 0 Å². The molecular weight excluding hydrogens is 258 g/mol. The highest BCUT2D eigenvalue weighted by atomic mass is 35.5. The van der Waals surface area contributed by atoms with Gasteiger partial charge in [-0.05, 0) is 13.2 Å². The molecule has 4 nitrogen and oxygen atoms in total. The van der Waals surface area contributed by atoms with Crippen LogP contribution in [-0.4, -0.2) is 27.8 Å². The molecule has 0 saturated heterocycles. The van der Waals surface area contributed by atoms with Gasteiger partial charge in [-0.1, -0.05) is 17.5 Å². The number of halogens is 1. The van der Waals surface area contributed by atoms with Crippen LogP contribution in [0.3, 0.4) is 0 Å². The Hall–Kier alpha value is -1.12. The van der Waals surface area contributed by atoms with Crippen molar-refractivity contribution in [2.45, 2.75) is 19.5 Å². The Morgan fingerprint density at radius 1 is 1.76 bits per heavy atom. The number of hydrogen-bond acceptors (Lipinski definition) is 4. The lowest BCUT2D eigenvalue weighted by atomic mass is 10.3. The average molecular weight is 272 g/mol. The van der Waals surface area contributed by atoms with Crippen molar-refractivity contribution in [2.75, 3.05) is 17.3 Å². The van der Waals surface area contributed by atoms with Crippen LogP contribution in [-0.2, 0) is 6.54 Å². The van der Waals surface area contributed by atoms with Gasteiger partial charge in [0.05, 0.1) is 11.2 Å². The zero-order valence-corrected chi connectivity index (χ0v) is 11.3. The summed E-state index contributed by atoms with van der Waals surface area (Å²) in [4.78, 5) is 12.0. The Kier molecular flexibility index (Phi) is 5.39. The highest BCUT2D eigenvalue weighted by Gasteiger charge is 2.11. The summed E-state index contributed by atoms with van der Waals surface area (Å²) >= 11 is 7.64. The largest absolute Gasteiger partial charge is 0.376 e. The lowest BCUT2D eigenvalue weighted by Gasteiger charge is -2.15. The minimum atomic E-state index is -0.289. The fourth-order valence-corrected chi connectivity index (χ4v) is 2.10. The Bertz CT molecular complexity index is 481. The van der Waals surface area contributed by atoms with Crippen LogP contribution in [0.25, 0.3) is 0 Å². The number of aromatic nitrogens is 2. The number of thioether (sulfide) groups is 1. The van der Waals surface area contributed by atoms with E-state index in [4.69, 9.17) is 18.0 Å². The van der Waals surface area contributed by atoms with E-state index in [0.717, 1.165) is 5.75 Å². The average Bonchev–Trinajstić information content (AvgIpc) is 2.29. The summed E-state index contributed by atoms with van der Waals surface area (Å²) in [6.07, 6.45) is 8.59. The van der Waals surface area contributed by atoms with E-state index in [0.29, 0.717) is 10.7 Å². The molecular formula is C11H14ClN3OS. The summed E-state index contributed by atoms with van der Waals surface area (Å²) < 4.78 is 1.21. The van der Waals surface area contributed by atoms with Gasteiger partial charge < -0.3 is 5.32 Å². The molecule has 0 amide bonds. The first-order valence-electron chi connectivity index (χ1n) is 5.04. The molecule has 1 heterocycles. The Morgan fingerprint density at radius 3 is 3.06 bits per heavy atom. The second-order valence-corrected chi connectivity index (χ2v) is 4.85. The molecule has 0 aliphatic rings. The monoisotopic (exact) mass is 271 g/mol. The minimum Gasteiger partial charge on any atom is -0.376 e. The highest BCUT2D eigenvalue weighted by molar-refractivity contribution is 7.98. The van der Waals surface area contributed by atoms with Crippen LogP contribution >= 0.6 is 23.4 Å². The van der Waals surface area contributed by atoms with E-state index in [1.54, 1.807) is 11.8 Å². The first-order valence-corrected chi connectivity index (χ1v) is 6.82. The van der Waals surface area contributed by atoms with E-state index >= 15 is 0 Å². The summed E-state index contributed by atoms with van der Waals surface area (Å²) in [6, 6.07) is 0.150. The van der Waals surface area contributed by atoms with Gasteiger partial charge in [0.2, 0.25) is 0 Å². The normalized spacial score (nSPS) is 11.9. The van der Waals surface area contributed by atoms with E-state index in [9.17, 15) is 4.79 Å². The predicted octanol–water partition coefficient (Wildman–Crippen LogP) is 1.69. The third-order valence-electron chi connectivity index (χ3n) is 2.05. The molecule has 1 unspecified atom stereocenters. The molecule has 6 heteroatoms. The Balaban J connectivity index is 3.02. The van der Waals surface area contributed by atoms with Crippen molar-refractivity contribution < 1.29 is 0 Å². The number of rotatable bonds is 5. The van der Waals surface area contributed by atoms with Gasteiger partial charge in [0.1, 0.15) is 12.2 Å². The summed E-state index contributed by atoms with van der Waals surface area (Å²) in [5, 5.41) is 7.27. The molecule has 1 aromatic rings. The second kappa shape index (κ2) is 6.58. The van der Waals surface area contributed by atoms with E-state index in [2.05, 4.69) is 16.3 Å². The van der Waals surface area contributed by atoms with Gasteiger partial charge in [-0.2, -0.15) is 16.9 Å². The zero-order valence-electron chi connectivity index (χ0n) is 9.74. The summed E-state index contributed by atoms with van der Waals surface area (Å²) in [7, 11) is 0. The molecule has 1 atom stereocenters. The van der Waals surface area contributed by atoms with Crippen LogP contribution in [0.2, 0.25) is 5.02 Å². The maximum Gasteiger partial charge on any atom is 0.292 e. The molecule has 0 bridgehead atoms. The fourth-order valence-electron chi connectivity index (χ4n) is 1.34. The first-order chi connectivity index (χ1) is 8.10. The molecule has 0 spiro atoms. The van der Waals surface area contributed by atoms with Crippen LogP contribution in [0, 0.1) is 12.3 Å². The molecule has 17 heavy (non-hydrogen) atoms. The van der Waals surface area contributed by atoms with Crippen molar-refractivity contribution in [3.63, 3.8) is 0 Å². The maximum atomic E-state index is 12.0. The molecule has 1 aromatic heterocycles. The number of terminal acetylenes is 1. The third-order valence-corrected chi connectivity index (χ3v) is 3.17. The van der Waals surface area contributed by atoms with E-state index in [1.165, 1.54) is 10.9 Å². The predicted molar refractivity (Wildman–Crippen MR) is 73.8 cm³/mol. The van der Waals surface area contributed by atoms with Gasteiger partial charge in [-0.15, -0.1) is 6.42 Å². The summed E-state index contributed by atoms with van der Waals surface area (Å²) in [6.45, 7) is 2.12. The number of nitrogens with zero attached hydrogens (tertiary/aromatic N) is 2. The number of anilines is 1. The summed E-state index contributed by atoms with van der Waals surface area (Å²) in [5.74, 6) is 3.26. The lowest BCUT2D eigenvalue weighted by Crippen LogP contribution is -2.29. The standard InChI is InChI=1S/C11H14ClN3OS/c1-4-5-15-11(16)10(9(12)6-13-15)14-8(2)7-17-3/h1,6,8,14H,5,7H2,2-3H3. The second-order valence-electron chi connectivity index (χ2n) is 3.54. The Labute approximate surface area is 110 Å². The van der Waals surface area contributed by atoms with E-state index in [-0.39, 0.29) is 18.1 Å².